The fraction of sp³-hybridized carbons (Fsp3) is 0.684. The molecule has 2 heterocycles. The van der Waals surface area contributed by atoms with Gasteiger partial charge in [0.25, 0.3) is 0 Å². The number of hydrogen-bond acceptors (Lipinski definition) is 2. The van der Waals surface area contributed by atoms with Crippen LogP contribution in [0, 0.1) is 11.8 Å². The van der Waals surface area contributed by atoms with Gasteiger partial charge in [0.2, 0.25) is 0 Å². The largest absolute Gasteiger partial charge is 0.372 e. The van der Waals surface area contributed by atoms with Crippen LogP contribution in [-0.2, 0) is 0 Å². The van der Waals surface area contributed by atoms with E-state index in [1.165, 1.54) is 76.8 Å². The van der Waals surface area contributed by atoms with Crippen LogP contribution in [0.3, 0.4) is 0 Å². The molecular formula is C19H30N2. The molecule has 2 heteroatoms. The van der Waals surface area contributed by atoms with Crippen molar-refractivity contribution in [2.45, 2.75) is 44.9 Å². The zero-order valence-corrected chi connectivity index (χ0v) is 13.3. The molecular weight excluding hydrogens is 256 g/mol. The number of anilines is 1. The molecule has 0 aliphatic carbocycles. The van der Waals surface area contributed by atoms with E-state index in [-0.39, 0.29) is 0 Å². The van der Waals surface area contributed by atoms with E-state index in [2.05, 4.69) is 40.5 Å². The van der Waals surface area contributed by atoms with E-state index in [0.29, 0.717) is 0 Å². The molecule has 2 aliphatic rings. The maximum Gasteiger partial charge on any atom is 0.0366 e. The van der Waals surface area contributed by atoms with Gasteiger partial charge in [-0.3, -0.25) is 0 Å². The van der Waals surface area contributed by atoms with Gasteiger partial charge >= 0.3 is 0 Å². The molecule has 0 saturated carbocycles. The molecule has 2 nitrogen and oxygen atoms in total. The first-order valence-corrected chi connectivity index (χ1v) is 8.92. The minimum atomic E-state index is 0.978. The van der Waals surface area contributed by atoms with Crippen LogP contribution < -0.4 is 10.2 Å². The average Bonchev–Trinajstić information content (AvgIpc) is 2.57. The van der Waals surface area contributed by atoms with Crippen LogP contribution in [0.4, 0.5) is 5.69 Å². The molecule has 0 radical (unpaired) electrons. The molecule has 3 rings (SSSR count). The summed E-state index contributed by atoms with van der Waals surface area (Å²) < 4.78 is 0. The molecule has 116 valence electrons. The van der Waals surface area contributed by atoms with Crippen molar-refractivity contribution in [3.8, 4) is 0 Å². The summed E-state index contributed by atoms with van der Waals surface area (Å²) in [4.78, 5) is 2.56. The fourth-order valence-corrected chi connectivity index (χ4v) is 3.98. The van der Waals surface area contributed by atoms with E-state index < -0.39 is 0 Å². The molecule has 1 N–H and O–H groups in total. The third kappa shape index (κ3) is 4.47. The molecule has 2 aliphatic heterocycles. The smallest absolute Gasteiger partial charge is 0.0366 e. The molecule has 1 aromatic rings. The highest BCUT2D eigenvalue weighted by Gasteiger charge is 2.20. The Morgan fingerprint density at radius 2 is 1.48 bits per heavy atom. The maximum atomic E-state index is 3.47. The molecule has 21 heavy (non-hydrogen) atoms. The van der Waals surface area contributed by atoms with Gasteiger partial charge < -0.3 is 10.2 Å². The number of benzene rings is 1. The third-order valence-corrected chi connectivity index (χ3v) is 5.42. The normalized spacial score (nSPS) is 21.6. The summed E-state index contributed by atoms with van der Waals surface area (Å²) in [6.45, 7) is 5.00. The Hall–Kier alpha value is -1.02. The van der Waals surface area contributed by atoms with Gasteiger partial charge in [-0.2, -0.15) is 0 Å². The molecule has 1 aromatic carbocycles. The van der Waals surface area contributed by atoms with E-state index in [1.54, 1.807) is 0 Å². The van der Waals surface area contributed by atoms with Gasteiger partial charge in [-0.05, 0) is 62.7 Å². The second kappa shape index (κ2) is 7.84. The van der Waals surface area contributed by atoms with Gasteiger partial charge in [-0.25, -0.2) is 0 Å². The van der Waals surface area contributed by atoms with Crippen LogP contribution >= 0.6 is 0 Å². The lowest BCUT2D eigenvalue weighted by Crippen LogP contribution is -2.33. The molecule has 2 saturated heterocycles. The van der Waals surface area contributed by atoms with E-state index in [0.717, 1.165) is 11.8 Å². The first-order valence-electron chi connectivity index (χ1n) is 8.92. The maximum absolute atomic E-state index is 3.47. The van der Waals surface area contributed by atoms with Crippen molar-refractivity contribution in [3.63, 3.8) is 0 Å². The zero-order chi connectivity index (χ0) is 14.3. The second-order valence-electron chi connectivity index (χ2n) is 6.89. The number of para-hydroxylation sites is 1. The van der Waals surface area contributed by atoms with Crippen molar-refractivity contribution in [2.24, 2.45) is 11.8 Å². The lowest BCUT2D eigenvalue weighted by atomic mass is 9.87. The van der Waals surface area contributed by atoms with E-state index in [9.17, 15) is 0 Å². The van der Waals surface area contributed by atoms with E-state index >= 15 is 0 Å². The van der Waals surface area contributed by atoms with Crippen LogP contribution in [0.1, 0.15) is 44.9 Å². The molecule has 0 aromatic heterocycles. The Bertz CT molecular complexity index is 389. The fourth-order valence-electron chi connectivity index (χ4n) is 3.98. The van der Waals surface area contributed by atoms with Crippen LogP contribution in [0.2, 0.25) is 0 Å². The zero-order valence-electron chi connectivity index (χ0n) is 13.3. The molecule has 0 spiro atoms. The predicted molar refractivity (Wildman–Crippen MR) is 90.8 cm³/mol. The van der Waals surface area contributed by atoms with Gasteiger partial charge in [-0.15, -0.1) is 0 Å². The Balaban J connectivity index is 1.34. The summed E-state index contributed by atoms with van der Waals surface area (Å²) in [6.07, 6.45) is 9.99. The number of nitrogens with one attached hydrogen (secondary N) is 1. The van der Waals surface area contributed by atoms with Crippen LogP contribution in [0.15, 0.2) is 30.3 Å². The lowest BCUT2D eigenvalue weighted by Gasteiger charge is -2.34. The van der Waals surface area contributed by atoms with Crippen molar-refractivity contribution in [1.29, 1.82) is 0 Å². The van der Waals surface area contributed by atoms with Gasteiger partial charge in [0.15, 0.2) is 0 Å². The monoisotopic (exact) mass is 286 g/mol. The Morgan fingerprint density at radius 1 is 0.857 bits per heavy atom. The third-order valence-electron chi connectivity index (χ3n) is 5.42. The minimum absolute atomic E-state index is 0.978. The molecule has 2 fully saturated rings. The van der Waals surface area contributed by atoms with Gasteiger partial charge in [0.05, 0.1) is 0 Å². The standard InChI is InChI=1S/C19H30N2/c1-2-7-19(8-3-1)21-15-11-18(12-16-21)6-4-5-17-9-13-20-14-10-17/h1-3,7-8,17-18,20H,4-6,9-16H2. The van der Waals surface area contributed by atoms with Gasteiger partial charge in [-0.1, -0.05) is 37.5 Å². The summed E-state index contributed by atoms with van der Waals surface area (Å²) in [5, 5.41) is 3.47. The first kappa shape index (κ1) is 14.9. The Morgan fingerprint density at radius 3 is 2.14 bits per heavy atom. The number of rotatable bonds is 5. The van der Waals surface area contributed by atoms with Crippen LogP contribution in [-0.4, -0.2) is 26.2 Å². The summed E-state index contributed by atoms with van der Waals surface area (Å²) in [5.74, 6) is 1.99. The Labute approximate surface area is 129 Å². The first-order chi connectivity index (χ1) is 10.4. The SMILES string of the molecule is c1ccc(N2CCC(CCCC3CCNCC3)CC2)cc1. The highest BCUT2D eigenvalue weighted by molar-refractivity contribution is 5.46. The quantitative estimate of drug-likeness (QED) is 0.877. The summed E-state index contributed by atoms with van der Waals surface area (Å²) in [6, 6.07) is 10.9. The lowest BCUT2D eigenvalue weighted by molar-refractivity contribution is 0.313. The van der Waals surface area contributed by atoms with Gasteiger partial charge in [0, 0.05) is 18.8 Å². The second-order valence-corrected chi connectivity index (χ2v) is 6.89. The predicted octanol–water partition coefficient (Wildman–Crippen LogP) is 4.07. The van der Waals surface area contributed by atoms with Crippen molar-refractivity contribution < 1.29 is 0 Å². The van der Waals surface area contributed by atoms with E-state index in [4.69, 9.17) is 0 Å². The number of hydrogen-bond donors (Lipinski definition) is 1. The van der Waals surface area contributed by atoms with Crippen molar-refractivity contribution in [3.05, 3.63) is 30.3 Å². The van der Waals surface area contributed by atoms with Crippen LogP contribution in [0.25, 0.3) is 0 Å². The molecule has 0 amide bonds. The topological polar surface area (TPSA) is 15.3 Å². The molecule has 0 atom stereocenters. The van der Waals surface area contributed by atoms with Crippen molar-refractivity contribution in [2.75, 3.05) is 31.1 Å². The summed E-state index contributed by atoms with van der Waals surface area (Å²) in [5.41, 5.74) is 1.41. The number of nitrogens with zero attached hydrogens (tertiary/aromatic N) is 1. The summed E-state index contributed by atoms with van der Waals surface area (Å²) in [7, 11) is 0. The Kier molecular flexibility index (Phi) is 5.56. The highest BCUT2D eigenvalue weighted by Crippen LogP contribution is 2.28. The number of piperidine rings is 2. The molecule has 0 bridgehead atoms. The van der Waals surface area contributed by atoms with Gasteiger partial charge in [0.1, 0.15) is 0 Å². The summed E-state index contributed by atoms with van der Waals surface area (Å²) >= 11 is 0. The molecule has 0 unspecified atom stereocenters. The van der Waals surface area contributed by atoms with Crippen molar-refractivity contribution in [1.82, 2.24) is 5.32 Å². The minimum Gasteiger partial charge on any atom is -0.372 e. The highest BCUT2D eigenvalue weighted by atomic mass is 15.1. The average molecular weight is 286 g/mol. The van der Waals surface area contributed by atoms with Crippen molar-refractivity contribution >= 4 is 5.69 Å². The van der Waals surface area contributed by atoms with E-state index in [1.807, 2.05) is 0 Å². The van der Waals surface area contributed by atoms with Crippen LogP contribution in [0.5, 0.6) is 0 Å².